The normalized spacial score (nSPS) is 14.1. The zero-order valence-corrected chi connectivity index (χ0v) is 18.7. The minimum atomic E-state index is -3.65. The van der Waals surface area contributed by atoms with E-state index in [9.17, 15) is 13.2 Å². The second kappa shape index (κ2) is 8.83. The zero-order chi connectivity index (χ0) is 21.9. The van der Waals surface area contributed by atoms with Crippen molar-refractivity contribution in [3.8, 4) is 11.5 Å². The summed E-state index contributed by atoms with van der Waals surface area (Å²) in [6.45, 7) is 6.60. The number of sulfonamides is 1. The number of rotatable bonds is 5. The summed E-state index contributed by atoms with van der Waals surface area (Å²) in [7, 11) is -3.65. The van der Waals surface area contributed by atoms with Gasteiger partial charge >= 0.3 is 0 Å². The molecule has 0 bridgehead atoms. The number of amides is 1. The summed E-state index contributed by atoms with van der Waals surface area (Å²) in [4.78, 5) is 12.6. The largest absolute Gasteiger partial charge is 0.489 e. The van der Waals surface area contributed by atoms with Crippen molar-refractivity contribution in [2.75, 3.05) is 13.2 Å². The highest BCUT2D eigenvalue weighted by Gasteiger charge is 2.22. The highest BCUT2D eigenvalue weighted by molar-refractivity contribution is 7.89. The van der Waals surface area contributed by atoms with E-state index in [1.807, 2.05) is 0 Å². The number of benzene rings is 2. The van der Waals surface area contributed by atoms with Crippen LogP contribution in [0.3, 0.4) is 0 Å². The maximum atomic E-state index is 12.5. The summed E-state index contributed by atoms with van der Waals surface area (Å²) >= 11 is 6.28. The molecule has 0 unspecified atom stereocenters. The van der Waals surface area contributed by atoms with E-state index in [-0.39, 0.29) is 17.3 Å². The van der Waals surface area contributed by atoms with Gasteiger partial charge in [-0.1, -0.05) is 11.6 Å². The molecule has 0 radical (unpaired) electrons. The molecule has 0 fully saturated rings. The van der Waals surface area contributed by atoms with Crippen LogP contribution in [0.2, 0.25) is 5.02 Å². The Bertz CT molecular complexity index is 1030. The topological polar surface area (TPSA) is 93.7 Å². The zero-order valence-electron chi connectivity index (χ0n) is 17.1. The molecule has 0 atom stereocenters. The first kappa shape index (κ1) is 22.4. The molecule has 2 aromatic carbocycles. The third-order valence-corrected chi connectivity index (χ3v) is 6.24. The molecule has 0 aliphatic carbocycles. The number of nitrogens with one attached hydrogen (secondary N) is 2. The molecular formula is C21H25ClN2O5S. The van der Waals surface area contributed by atoms with Gasteiger partial charge in [0.25, 0.3) is 5.91 Å². The molecule has 2 aromatic rings. The van der Waals surface area contributed by atoms with Crippen LogP contribution in [0.5, 0.6) is 11.5 Å². The molecule has 1 heterocycles. The summed E-state index contributed by atoms with van der Waals surface area (Å²) in [6.07, 6.45) is 0.772. The first-order valence-electron chi connectivity index (χ1n) is 9.55. The Morgan fingerprint density at radius 3 is 2.43 bits per heavy atom. The molecular weight excluding hydrogens is 428 g/mol. The highest BCUT2D eigenvalue weighted by Crippen LogP contribution is 2.37. The lowest BCUT2D eigenvalue weighted by atomic mass is 10.1. The Hall–Kier alpha value is -2.29. The predicted molar refractivity (Wildman–Crippen MR) is 115 cm³/mol. The van der Waals surface area contributed by atoms with E-state index in [1.54, 1.807) is 32.9 Å². The Morgan fingerprint density at radius 1 is 1.10 bits per heavy atom. The minimum Gasteiger partial charge on any atom is -0.489 e. The summed E-state index contributed by atoms with van der Waals surface area (Å²) in [5.74, 6) is 0.751. The average molecular weight is 453 g/mol. The fraction of sp³-hybridized carbons (Fsp3) is 0.381. The molecule has 3 rings (SSSR count). The van der Waals surface area contributed by atoms with Gasteiger partial charge in [-0.15, -0.1) is 0 Å². The van der Waals surface area contributed by atoms with Crippen LogP contribution >= 0.6 is 11.6 Å². The van der Waals surface area contributed by atoms with Gasteiger partial charge in [0.05, 0.1) is 23.1 Å². The van der Waals surface area contributed by atoms with Gasteiger partial charge in [0.2, 0.25) is 10.0 Å². The molecule has 162 valence electrons. The Morgan fingerprint density at radius 2 is 1.77 bits per heavy atom. The van der Waals surface area contributed by atoms with Crippen molar-refractivity contribution < 1.29 is 22.7 Å². The van der Waals surface area contributed by atoms with Crippen LogP contribution in [0.4, 0.5) is 0 Å². The van der Waals surface area contributed by atoms with Gasteiger partial charge in [-0.3, -0.25) is 4.79 Å². The van der Waals surface area contributed by atoms with Crippen LogP contribution in [0.15, 0.2) is 41.3 Å². The smallest absolute Gasteiger partial charge is 0.251 e. The molecule has 0 spiro atoms. The minimum absolute atomic E-state index is 0.101. The Balaban J connectivity index is 1.67. The number of carbonyl (C=O) groups excluding carboxylic acids is 1. The molecule has 2 N–H and O–H groups in total. The second-order valence-electron chi connectivity index (χ2n) is 8.02. The Labute approximate surface area is 181 Å². The van der Waals surface area contributed by atoms with Crippen LogP contribution in [-0.2, 0) is 16.6 Å². The van der Waals surface area contributed by atoms with Crippen molar-refractivity contribution in [2.24, 2.45) is 0 Å². The van der Waals surface area contributed by atoms with Crippen LogP contribution in [0, 0.1) is 0 Å². The van der Waals surface area contributed by atoms with Gasteiger partial charge in [-0.25, -0.2) is 13.1 Å². The van der Waals surface area contributed by atoms with Crippen LogP contribution in [-0.4, -0.2) is 33.1 Å². The van der Waals surface area contributed by atoms with Crippen molar-refractivity contribution in [1.82, 2.24) is 10.0 Å². The number of hydrogen-bond acceptors (Lipinski definition) is 5. The van der Waals surface area contributed by atoms with Crippen molar-refractivity contribution in [3.05, 3.63) is 52.5 Å². The van der Waals surface area contributed by atoms with Crippen molar-refractivity contribution >= 4 is 27.5 Å². The predicted octanol–water partition coefficient (Wildman–Crippen LogP) is 3.51. The summed E-state index contributed by atoms with van der Waals surface area (Å²) in [5, 5.41) is 3.23. The lowest BCUT2D eigenvalue weighted by molar-refractivity contribution is 0.0950. The number of ether oxygens (including phenoxy) is 2. The molecule has 1 aliphatic rings. The summed E-state index contributed by atoms with van der Waals surface area (Å²) < 4.78 is 38.6. The maximum Gasteiger partial charge on any atom is 0.251 e. The molecule has 7 nitrogen and oxygen atoms in total. The molecule has 0 aromatic heterocycles. The first-order chi connectivity index (χ1) is 14.0. The van der Waals surface area contributed by atoms with E-state index in [4.69, 9.17) is 21.1 Å². The van der Waals surface area contributed by atoms with Crippen molar-refractivity contribution in [1.29, 1.82) is 0 Å². The molecule has 1 amide bonds. The first-order valence-corrected chi connectivity index (χ1v) is 11.4. The summed E-state index contributed by atoms with van der Waals surface area (Å²) in [6, 6.07) is 9.30. The van der Waals surface area contributed by atoms with E-state index < -0.39 is 15.6 Å². The van der Waals surface area contributed by atoms with E-state index in [1.165, 1.54) is 24.3 Å². The fourth-order valence-electron chi connectivity index (χ4n) is 2.92. The number of hydrogen-bond donors (Lipinski definition) is 2. The molecule has 1 aliphatic heterocycles. The SMILES string of the molecule is CC(C)(C)NS(=O)(=O)c1ccc(C(=O)NCc2cc(Cl)c3c(c2)OCCCO3)cc1. The van der Waals surface area contributed by atoms with E-state index in [0.717, 1.165) is 12.0 Å². The monoisotopic (exact) mass is 452 g/mol. The second-order valence-corrected chi connectivity index (χ2v) is 10.1. The van der Waals surface area contributed by atoms with E-state index in [2.05, 4.69) is 10.0 Å². The molecule has 0 saturated carbocycles. The van der Waals surface area contributed by atoms with Crippen molar-refractivity contribution in [3.63, 3.8) is 0 Å². The van der Waals surface area contributed by atoms with Crippen LogP contribution < -0.4 is 19.5 Å². The molecule has 30 heavy (non-hydrogen) atoms. The van der Waals surface area contributed by atoms with Crippen LogP contribution in [0.25, 0.3) is 0 Å². The third kappa shape index (κ3) is 5.65. The van der Waals surface area contributed by atoms with E-state index in [0.29, 0.717) is 35.3 Å². The van der Waals surface area contributed by atoms with Gasteiger partial charge in [-0.05, 0) is 62.7 Å². The quantitative estimate of drug-likeness (QED) is 0.724. The van der Waals surface area contributed by atoms with Crippen LogP contribution in [0.1, 0.15) is 43.1 Å². The summed E-state index contributed by atoms with van der Waals surface area (Å²) in [5.41, 5.74) is 0.523. The van der Waals surface area contributed by atoms with E-state index >= 15 is 0 Å². The van der Waals surface area contributed by atoms with Gasteiger partial charge in [0, 0.05) is 24.1 Å². The van der Waals surface area contributed by atoms with Gasteiger partial charge in [0.1, 0.15) is 0 Å². The fourth-order valence-corrected chi connectivity index (χ4v) is 4.62. The number of fused-ring (bicyclic) bond motifs is 1. The average Bonchev–Trinajstić information content (AvgIpc) is 2.90. The molecule has 0 saturated heterocycles. The van der Waals surface area contributed by atoms with Gasteiger partial charge < -0.3 is 14.8 Å². The standard InChI is InChI=1S/C21H25ClN2O5S/c1-21(2,3)24-30(26,27)16-7-5-15(6-8-16)20(25)23-13-14-11-17(22)19-18(12-14)28-9-4-10-29-19/h5-8,11-12,24H,4,9-10,13H2,1-3H3,(H,23,25). The highest BCUT2D eigenvalue weighted by atomic mass is 35.5. The lowest BCUT2D eigenvalue weighted by Gasteiger charge is -2.20. The maximum absolute atomic E-state index is 12.5. The Kier molecular flexibility index (Phi) is 6.59. The van der Waals surface area contributed by atoms with Crippen molar-refractivity contribution in [2.45, 2.75) is 44.2 Å². The van der Waals surface area contributed by atoms with Gasteiger partial charge in [-0.2, -0.15) is 0 Å². The van der Waals surface area contributed by atoms with Gasteiger partial charge in [0.15, 0.2) is 11.5 Å². The third-order valence-electron chi connectivity index (χ3n) is 4.18. The lowest BCUT2D eigenvalue weighted by Crippen LogP contribution is -2.40. The molecule has 9 heteroatoms. The number of halogens is 1. The number of carbonyl (C=O) groups is 1.